The third kappa shape index (κ3) is 6.71. The normalized spacial score (nSPS) is 14.2. The maximum absolute atomic E-state index is 10.8. The lowest BCUT2D eigenvalue weighted by Crippen LogP contribution is -2.40. The molecule has 0 aliphatic carbocycles. The highest BCUT2D eigenvalue weighted by molar-refractivity contribution is 5.67. The molecule has 1 aliphatic rings. The van der Waals surface area contributed by atoms with Crippen molar-refractivity contribution in [1.82, 2.24) is 4.90 Å². The molecule has 1 rings (SSSR count). The lowest BCUT2D eigenvalue weighted by molar-refractivity contribution is 0.0334. The fourth-order valence-corrected chi connectivity index (χ4v) is 0.875. The van der Waals surface area contributed by atoms with Crippen LogP contribution in [0, 0.1) is 0 Å². The number of hydrogen-bond donors (Lipinski definition) is 0. The van der Waals surface area contributed by atoms with Crippen LogP contribution in [0.25, 0.3) is 0 Å². The first-order valence-electron chi connectivity index (χ1n) is 5.25. The highest BCUT2D eigenvalue weighted by Crippen LogP contribution is 1.97. The maximum Gasteiger partial charge on any atom is 0.409 e. The molecule has 1 heterocycles. The predicted molar refractivity (Wildman–Crippen MR) is 57.5 cm³/mol. The molecule has 0 unspecified atom stereocenters. The standard InChI is InChI=1S/C6H11NO3.2C2H6/c1-9-6(8)7-2-4-10-5-3-7;2*1-2/h2-5H2,1H3;2*1-2H3. The van der Waals surface area contributed by atoms with Crippen LogP contribution in [0.5, 0.6) is 0 Å². The Morgan fingerprint density at radius 2 is 1.57 bits per heavy atom. The van der Waals surface area contributed by atoms with Gasteiger partial charge in [-0.1, -0.05) is 27.7 Å². The number of rotatable bonds is 0. The van der Waals surface area contributed by atoms with Gasteiger partial charge < -0.3 is 14.4 Å². The fraction of sp³-hybridized carbons (Fsp3) is 0.900. The summed E-state index contributed by atoms with van der Waals surface area (Å²) in [6, 6.07) is 0. The van der Waals surface area contributed by atoms with Gasteiger partial charge in [0.2, 0.25) is 0 Å². The van der Waals surface area contributed by atoms with Gasteiger partial charge >= 0.3 is 6.09 Å². The van der Waals surface area contributed by atoms with Gasteiger partial charge in [0.15, 0.2) is 0 Å². The molecule has 0 aromatic carbocycles. The van der Waals surface area contributed by atoms with E-state index in [2.05, 4.69) is 4.74 Å². The fourth-order valence-electron chi connectivity index (χ4n) is 0.875. The number of amides is 1. The Hall–Kier alpha value is -0.770. The van der Waals surface area contributed by atoms with Crippen molar-refractivity contribution in [2.75, 3.05) is 33.4 Å². The summed E-state index contributed by atoms with van der Waals surface area (Å²) in [5.74, 6) is 0. The summed E-state index contributed by atoms with van der Waals surface area (Å²) in [6.07, 6.45) is -0.261. The summed E-state index contributed by atoms with van der Waals surface area (Å²) < 4.78 is 9.57. The van der Waals surface area contributed by atoms with E-state index in [1.165, 1.54) is 7.11 Å². The number of carbonyl (C=O) groups is 1. The topological polar surface area (TPSA) is 38.8 Å². The van der Waals surface area contributed by atoms with E-state index in [-0.39, 0.29) is 6.09 Å². The summed E-state index contributed by atoms with van der Waals surface area (Å²) in [7, 11) is 1.39. The molecule has 1 amide bonds. The highest BCUT2D eigenvalue weighted by Gasteiger charge is 2.15. The molecule has 86 valence electrons. The van der Waals surface area contributed by atoms with E-state index in [4.69, 9.17) is 4.74 Å². The zero-order chi connectivity index (χ0) is 11.4. The van der Waals surface area contributed by atoms with Crippen molar-refractivity contribution in [3.63, 3.8) is 0 Å². The average molecular weight is 205 g/mol. The monoisotopic (exact) mass is 205 g/mol. The molecule has 0 spiro atoms. The molecule has 14 heavy (non-hydrogen) atoms. The summed E-state index contributed by atoms with van der Waals surface area (Å²) in [6.45, 7) is 10.5. The Morgan fingerprint density at radius 1 is 1.14 bits per heavy atom. The number of carbonyl (C=O) groups excluding carboxylic acids is 1. The Kier molecular flexibility index (Phi) is 13.7. The van der Waals surface area contributed by atoms with Crippen molar-refractivity contribution in [3.8, 4) is 0 Å². The lowest BCUT2D eigenvalue weighted by atomic mass is 10.5. The Balaban J connectivity index is 0. The molecule has 4 nitrogen and oxygen atoms in total. The van der Waals surface area contributed by atoms with Crippen LogP contribution in [-0.2, 0) is 9.47 Å². The first-order chi connectivity index (χ1) is 6.84. The second kappa shape index (κ2) is 12.2. The van der Waals surface area contributed by atoms with Crippen molar-refractivity contribution in [3.05, 3.63) is 0 Å². The van der Waals surface area contributed by atoms with E-state index in [0.29, 0.717) is 26.3 Å². The Morgan fingerprint density at radius 3 is 1.93 bits per heavy atom. The van der Waals surface area contributed by atoms with Crippen LogP contribution in [0.15, 0.2) is 0 Å². The maximum atomic E-state index is 10.8. The molecule has 0 radical (unpaired) electrons. The molecule has 0 aromatic heterocycles. The van der Waals surface area contributed by atoms with Crippen LogP contribution < -0.4 is 0 Å². The highest BCUT2D eigenvalue weighted by atomic mass is 16.5. The van der Waals surface area contributed by atoms with Crippen molar-refractivity contribution >= 4 is 6.09 Å². The van der Waals surface area contributed by atoms with Gasteiger partial charge in [0.1, 0.15) is 0 Å². The minimum Gasteiger partial charge on any atom is -0.453 e. The van der Waals surface area contributed by atoms with Gasteiger partial charge in [-0.25, -0.2) is 4.79 Å². The largest absolute Gasteiger partial charge is 0.453 e. The minimum absolute atomic E-state index is 0.261. The number of ether oxygens (including phenoxy) is 2. The second-order valence-electron chi connectivity index (χ2n) is 2.07. The van der Waals surface area contributed by atoms with Crippen LogP contribution in [0.2, 0.25) is 0 Å². The van der Waals surface area contributed by atoms with Gasteiger partial charge in [-0.15, -0.1) is 0 Å². The predicted octanol–water partition coefficient (Wildman–Crippen LogP) is 2.14. The lowest BCUT2D eigenvalue weighted by Gasteiger charge is -2.24. The molecule has 0 N–H and O–H groups in total. The number of morpholine rings is 1. The minimum atomic E-state index is -0.261. The van der Waals surface area contributed by atoms with Gasteiger partial charge in [-0.3, -0.25) is 0 Å². The average Bonchev–Trinajstić information content (AvgIpc) is 2.34. The van der Waals surface area contributed by atoms with E-state index in [0.717, 1.165) is 0 Å². The van der Waals surface area contributed by atoms with E-state index < -0.39 is 0 Å². The smallest absolute Gasteiger partial charge is 0.409 e. The summed E-state index contributed by atoms with van der Waals surface area (Å²) in [5.41, 5.74) is 0. The quantitative estimate of drug-likeness (QED) is 0.608. The van der Waals surface area contributed by atoms with Crippen LogP contribution in [0.3, 0.4) is 0 Å². The molecule has 0 bridgehead atoms. The molecule has 0 saturated carbocycles. The van der Waals surface area contributed by atoms with Crippen LogP contribution in [0.4, 0.5) is 4.79 Å². The number of nitrogens with zero attached hydrogens (tertiary/aromatic N) is 1. The zero-order valence-corrected chi connectivity index (χ0v) is 10.0. The van der Waals surface area contributed by atoms with Crippen molar-refractivity contribution in [1.29, 1.82) is 0 Å². The van der Waals surface area contributed by atoms with Gasteiger partial charge in [-0.2, -0.15) is 0 Å². The molecule has 0 aromatic rings. The summed E-state index contributed by atoms with van der Waals surface area (Å²) in [5, 5.41) is 0. The van der Waals surface area contributed by atoms with Crippen molar-refractivity contribution < 1.29 is 14.3 Å². The SMILES string of the molecule is CC.CC.COC(=O)N1CCOCC1. The van der Waals surface area contributed by atoms with E-state index in [1.807, 2.05) is 27.7 Å². The van der Waals surface area contributed by atoms with Crippen LogP contribution >= 0.6 is 0 Å². The molecular formula is C10H23NO3. The third-order valence-corrected chi connectivity index (χ3v) is 1.44. The molecular weight excluding hydrogens is 182 g/mol. The molecule has 0 atom stereocenters. The van der Waals surface area contributed by atoms with Crippen molar-refractivity contribution in [2.24, 2.45) is 0 Å². The van der Waals surface area contributed by atoms with Crippen LogP contribution in [-0.4, -0.2) is 44.4 Å². The summed E-state index contributed by atoms with van der Waals surface area (Å²) >= 11 is 0. The molecule has 1 aliphatic heterocycles. The summed E-state index contributed by atoms with van der Waals surface area (Å²) in [4.78, 5) is 12.4. The van der Waals surface area contributed by atoms with E-state index >= 15 is 0 Å². The second-order valence-corrected chi connectivity index (χ2v) is 2.07. The van der Waals surface area contributed by atoms with Crippen LogP contribution in [0.1, 0.15) is 27.7 Å². The van der Waals surface area contributed by atoms with Gasteiger partial charge in [0.25, 0.3) is 0 Å². The van der Waals surface area contributed by atoms with E-state index in [1.54, 1.807) is 4.90 Å². The van der Waals surface area contributed by atoms with Gasteiger partial charge in [0.05, 0.1) is 20.3 Å². The van der Waals surface area contributed by atoms with E-state index in [9.17, 15) is 4.79 Å². The first-order valence-corrected chi connectivity index (χ1v) is 5.25. The molecule has 4 heteroatoms. The van der Waals surface area contributed by atoms with Gasteiger partial charge in [-0.05, 0) is 0 Å². The zero-order valence-electron chi connectivity index (χ0n) is 10.0. The molecule has 1 saturated heterocycles. The third-order valence-electron chi connectivity index (χ3n) is 1.44. The van der Waals surface area contributed by atoms with Gasteiger partial charge in [0, 0.05) is 13.1 Å². The Bertz CT molecular complexity index is 123. The number of methoxy groups -OCH3 is 1. The molecule has 1 fully saturated rings. The number of hydrogen-bond acceptors (Lipinski definition) is 3. The first kappa shape index (κ1) is 15.7. The Labute approximate surface area is 87.2 Å². The van der Waals surface area contributed by atoms with Crippen molar-refractivity contribution in [2.45, 2.75) is 27.7 Å².